The van der Waals surface area contributed by atoms with E-state index in [9.17, 15) is 14.4 Å². The highest BCUT2D eigenvalue weighted by atomic mass is 16.6. The molecule has 1 fully saturated rings. The van der Waals surface area contributed by atoms with Gasteiger partial charge in [0.15, 0.2) is 0 Å². The Balaban J connectivity index is 1.52. The molecule has 9 heteroatoms. The maximum Gasteiger partial charge on any atom is 0.410 e. The van der Waals surface area contributed by atoms with Gasteiger partial charge in [0.05, 0.1) is 12.5 Å². The Morgan fingerprint density at radius 3 is 2.31 bits per heavy atom. The second kappa shape index (κ2) is 14.9. The van der Waals surface area contributed by atoms with Crippen LogP contribution in [0, 0.1) is 11.8 Å². The minimum Gasteiger partial charge on any atom is -0.494 e. The van der Waals surface area contributed by atoms with Crippen LogP contribution in [0.4, 0.5) is 9.59 Å². The maximum atomic E-state index is 13.3. The molecule has 3 rings (SSSR count). The normalized spacial score (nSPS) is 16.0. The predicted octanol–water partition coefficient (Wildman–Crippen LogP) is 6.14. The lowest BCUT2D eigenvalue weighted by atomic mass is 9.86. The number of nitrogens with one attached hydrogen (secondary N) is 1. The van der Waals surface area contributed by atoms with Gasteiger partial charge in [-0.1, -0.05) is 42.5 Å². The van der Waals surface area contributed by atoms with Crippen LogP contribution in [0.3, 0.4) is 0 Å². The molecule has 0 saturated carbocycles. The Kier molecular flexibility index (Phi) is 11.6. The number of ether oxygens (including phenoxy) is 4. The second-order valence-electron chi connectivity index (χ2n) is 12.7. The average molecular weight is 583 g/mol. The summed E-state index contributed by atoms with van der Waals surface area (Å²) in [5, 5.41) is 2.73. The van der Waals surface area contributed by atoms with Gasteiger partial charge in [-0.2, -0.15) is 0 Å². The summed E-state index contributed by atoms with van der Waals surface area (Å²) < 4.78 is 22.5. The van der Waals surface area contributed by atoms with Crippen molar-refractivity contribution in [1.82, 2.24) is 10.2 Å². The molecule has 1 aliphatic rings. The van der Waals surface area contributed by atoms with Crippen molar-refractivity contribution in [2.75, 3.05) is 26.2 Å². The van der Waals surface area contributed by atoms with Crippen molar-refractivity contribution in [1.29, 1.82) is 0 Å². The average Bonchev–Trinajstić information content (AvgIpc) is 3.39. The quantitative estimate of drug-likeness (QED) is 0.193. The van der Waals surface area contributed by atoms with Crippen molar-refractivity contribution < 1.29 is 33.3 Å². The van der Waals surface area contributed by atoms with Gasteiger partial charge in [-0.05, 0) is 90.0 Å². The topological polar surface area (TPSA) is 103 Å². The first-order valence-corrected chi connectivity index (χ1v) is 14.7. The number of carbonyl (C=O) groups excluding carboxylic acids is 3. The highest BCUT2D eigenvalue weighted by molar-refractivity contribution is 5.74. The van der Waals surface area contributed by atoms with Crippen LogP contribution in [0.1, 0.15) is 65.5 Å². The predicted molar refractivity (Wildman–Crippen MR) is 160 cm³/mol. The van der Waals surface area contributed by atoms with Gasteiger partial charge in [-0.15, -0.1) is 0 Å². The number of hydrogen-bond donors (Lipinski definition) is 1. The monoisotopic (exact) mass is 582 g/mol. The van der Waals surface area contributed by atoms with Gasteiger partial charge in [0.2, 0.25) is 0 Å². The molecule has 0 aromatic heterocycles. The van der Waals surface area contributed by atoms with Crippen LogP contribution in [-0.2, 0) is 32.0 Å². The summed E-state index contributed by atoms with van der Waals surface area (Å²) in [4.78, 5) is 39.6. The summed E-state index contributed by atoms with van der Waals surface area (Å²) >= 11 is 0. The molecule has 42 heavy (non-hydrogen) atoms. The first-order chi connectivity index (χ1) is 19.8. The molecule has 1 aliphatic heterocycles. The van der Waals surface area contributed by atoms with E-state index in [2.05, 4.69) is 5.32 Å². The third-order valence-electron chi connectivity index (χ3n) is 6.58. The summed E-state index contributed by atoms with van der Waals surface area (Å²) in [5.74, 6) is -0.0540. The fraction of sp³-hybridized carbons (Fsp3) is 0.545. The number of alkyl carbamates (subject to hydrolysis) is 1. The van der Waals surface area contributed by atoms with E-state index in [1.807, 2.05) is 96.1 Å². The van der Waals surface area contributed by atoms with Crippen LogP contribution in [0.25, 0.3) is 0 Å². The lowest BCUT2D eigenvalue weighted by molar-refractivity contribution is -0.162. The molecular formula is C33H46N2O7. The van der Waals surface area contributed by atoms with E-state index in [0.29, 0.717) is 51.3 Å². The molecular weight excluding hydrogens is 536 g/mol. The van der Waals surface area contributed by atoms with E-state index in [1.165, 1.54) is 0 Å². The van der Waals surface area contributed by atoms with Gasteiger partial charge >= 0.3 is 18.2 Å². The van der Waals surface area contributed by atoms with E-state index >= 15 is 0 Å². The summed E-state index contributed by atoms with van der Waals surface area (Å²) in [6.45, 7) is 13.1. The van der Waals surface area contributed by atoms with Crippen molar-refractivity contribution in [3.8, 4) is 5.75 Å². The fourth-order valence-corrected chi connectivity index (χ4v) is 4.67. The number of hydrogen-bond acceptors (Lipinski definition) is 7. The SMILES string of the molecule is CC(C)(C)OC(=O)[C@@H](Cc1cccc(OCCCNC(=O)OCc2ccccc2)c1)[C@H]1CCN(C(=O)OC(C)(C)C)C1. The number of nitrogens with zero attached hydrogens (tertiary/aromatic N) is 1. The zero-order valence-corrected chi connectivity index (χ0v) is 25.8. The zero-order valence-electron chi connectivity index (χ0n) is 25.8. The molecule has 2 atom stereocenters. The van der Waals surface area contributed by atoms with E-state index in [-0.39, 0.29) is 24.6 Å². The van der Waals surface area contributed by atoms with Crippen molar-refractivity contribution in [3.05, 3.63) is 65.7 Å². The van der Waals surface area contributed by atoms with Gasteiger partial charge in [0, 0.05) is 19.6 Å². The summed E-state index contributed by atoms with van der Waals surface area (Å²) in [6.07, 6.45) is 0.940. The molecule has 1 heterocycles. The van der Waals surface area contributed by atoms with E-state index in [0.717, 1.165) is 11.1 Å². The Morgan fingerprint density at radius 1 is 0.929 bits per heavy atom. The maximum absolute atomic E-state index is 13.3. The van der Waals surface area contributed by atoms with Crippen LogP contribution in [-0.4, -0.2) is 60.5 Å². The molecule has 9 nitrogen and oxygen atoms in total. The molecule has 230 valence electrons. The second-order valence-corrected chi connectivity index (χ2v) is 12.7. The van der Waals surface area contributed by atoms with Crippen molar-refractivity contribution in [2.45, 2.75) is 78.6 Å². The molecule has 2 aromatic carbocycles. The Labute approximate surface area is 249 Å². The number of rotatable bonds is 11. The molecule has 1 saturated heterocycles. The third kappa shape index (κ3) is 11.6. The van der Waals surface area contributed by atoms with Crippen LogP contribution in [0.15, 0.2) is 54.6 Å². The Hall–Kier alpha value is -3.75. The molecule has 1 N–H and O–H groups in total. The van der Waals surface area contributed by atoms with Crippen molar-refractivity contribution in [2.24, 2.45) is 11.8 Å². The largest absolute Gasteiger partial charge is 0.494 e. The van der Waals surface area contributed by atoms with Crippen molar-refractivity contribution in [3.63, 3.8) is 0 Å². The number of benzene rings is 2. The van der Waals surface area contributed by atoms with Gasteiger partial charge < -0.3 is 29.2 Å². The highest BCUT2D eigenvalue weighted by Crippen LogP contribution is 2.31. The van der Waals surface area contributed by atoms with Gasteiger partial charge in [0.25, 0.3) is 0 Å². The van der Waals surface area contributed by atoms with Gasteiger partial charge in [0.1, 0.15) is 23.6 Å². The van der Waals surface area contributed by atoms with Crippen LogP contribution in [0.2, 0.25) is 0 Å². The molecule has 0 bridgehead atoms. The molecule has 0 radical (unpaired) electrons. The highest BCUT2D eigenvalue weighted by Gasteiger charge is 2.39. The molecule has 0 spiro atoms. The molecule has 0 unspecified atom stereocenters. The first kappa shape index (κ1) is 32.8. The Morgan fingerprint density at radius 2 is 1.62 bits per heavy atom. The van der Waals surface area contributed by atoms with Gasteiger partial charge in [-0.25, -0.2) is 9.59 Å². The Bertz CT molecular complexity index is 1170. The smallest absolute Gasteiger partial charge is 0.410 e. The third-order valence-corrected chi connectivity index (χ3v) is 6.58. The first-order valence-electron chi connectivity index (χ1n) is 14.7. The van der Waals surface area contributed by atoms with E-state index in [1.54, 1.807) is 4.90 Å². The molecule has 2 aromatic rings. The van der Waals surface area contributed by atoms with Gasteiger partial charge in [-0.3, -0.25) is 4.79 Å². The lowest BCUT2D eigenvalue weighted by Gasteiger charge is -2.28. The minimum atomic E-state index is -0.619. The van der Waals surface area contributed by atoms with Crippen LogP contribution in [0.5, 0.6) is 5.75 Å². The minimum absolute atomic E-state index is 0.0512. The van der Waals surface area contributed by atoms with E-state index in [4.69, 9.17) is 18.9 Å². The standard InChI is InChI=1S/C33H46N2O7/c1-32(2,3)41-29(36)28(26-16-18-35(22-26)31(38)42-33(4,5)6)21-25-14-10-15-27(20-25)39-19-11-17-34-30(37)40-23-24-12-8-7-9-13-24/h7-10,12-15,20,26,28H,11,16-19,21-23H2,1-6H3,(H,34,37)/t26-,28-/m0/s1. The molecule has 0 aliphatic carbocycles. The zero-order chi connectivity index (χ0) is 30.8. The number of esters is 1. The summed E-state index contributed by atoms with van der Waals surface area (Å²) in [7, 11) is 0. The van der Waals surface area contributed by atoms with Crippen LogP contribution >= 0.6 is 0 Å². The number of amides is 2. The molecule has 2 amide bonds. The number of likely N-dealkylation sites (tertiary alicyclic amines) is 1. The summed E-state index contributed by atoms with van der Waals surface area (Å²) in [5.41, 5.74) is 0.674. The fourth-order valence-electron chi connectivity index (χ4n) is 4.67. The summed E-state index contributed by atoms with van der Waals surface area (Å²) in [6, 6.07) is 17.2. The van der Waals surface area contributed by atoms with Crippen molar-refractivity contribution >= 4 is 18.2 Å². The van der Waals surface area contributed by atoms with E-state index < -0.39 is 23.2 Å². The lowest BCUT2D eigenvalue weighted by Crippen LogP contribution is -2.38. The number of carbonyl (C=O) groups is 3. The van der Waals surface area contributed by atoms with Crippen LogP contribution < -0.4 is 10.1 Å².